The molecule has 1 aromatic rings. The van der Waals surface area contributed by atoms with Crippen LogP contribution in [0.5, 0.6) is 5.75 Å². The first-order chi connectivity index (χ1) is 11.8. The van der Waals surface area contributed by atoms with Crippen molar-refractivity contribution in [1.29, 1.82) is 0 Å². The fourth-order valence-electron chi connectivity index (χ4n) is 2.66. The SMILES string of the molecule is COc1ccc(N2CCN(C(=O)CN(C)S(=O)(=O)N(C)C)CC2)cc1. The number of carbonyl (C=O) groups excluding carboxylic acids is 1. The molecule has 1 saturated heterocycles. The monoisotopic (exact) mass is 370 g/mol. The maximum atomic E-state index is 12.4. The van der Waals surface area contributed by atoms with Gasteiger partial charge in [0, 0.05) is 53.0 Å². The van der Waals surface area contributed by atoms with E-state index in [1.807, 2.05) is 24.3 Å². The quantitative estimate of drug-likeness (QED) is 0.709. The molecule has 1 heterocycles. The van der Waals surface area contributed by atoms with E-state index >= 15 is 0 Å². The minimum atomic E-state index is -3.57. The maximum Gasteiger partial charge on any atom is 0.281 e. The lowest BCUT2D eigenvalue weighted by Crippen LogP contribution is -2.52. The summed E-state index contributed by atoms with van der Waals surface area (Å²) in [6, 6.07) is 7.81. The fraction of sp³-hybridized carbons (Fsp3) is 0.562. The summed E-state index contributed by atoms with van der Waals surface area (Å²) >= 11 is 0. The lowest BCUT2D eigenvalue weighted by molar-refractivity contribution is -0.131. The molecule has 0 saturated carbocycles. The smallest absolute Gasteiger partial charge is 0.281 e. The van der Waals surface area contributed by atoms with Crippen LogP contribution in [0, 0.1) is 0 Å². The van der Waals surface area contributed by atoms with Gasteiger partial charge in [0.15, 0.2) is 0 Å². The van der Waals surface area contributed by atoms with Crippen LogP contribution in [0.25, 0.3) is 0 Å². The van der Waals surface area contributed by atoms with Crippen LogP contribution in [0.3, 0.4) is 0 Å². The first kappa shape index (κ1) is 19.5. The Morgan fingerprint density at radius 2 is 1.64 bits per heavy atom. The third-order valence-electron chi connectivity index (χ3n) is 4.28. The number of ether oxygens (including phenoxy) is 1. The molecule has 0 radical (unpaired) electrons. The van der Waals surface area contributed by atoms with Crippen molar-refractivity contribution in [3.05, 3.63) is 24.3 Å². The average Bonchev–Trinajstić information content (AvgIpc) is 2.61. The fourth-order valence-corrected chi connectivity index (χ4v) is 3.49. The zero-order chi connectivity index (χ0) is 18.6. The third-order valence-corrected chi connectivity index (χ3v) is 6.12. The standard InChI is InChI=1S/C16H26N4O4S/c1-17(2)25(22,23)18(3)13-16(21)20-11-9-19(10-12-20)14-5-7-15(24-4)8-6-14/h5-8H,9-13H2,1-4H3. The number of benzene rings is 1. The Kier molecular flexibility index (Phi) is 6.26. The maximum absolute atomic E-state index is 12.4. The van der Waals surface area contributed by atoms with Crippen LogP contribution >= 0.6 is 0 Å². The van der Waals surface area contributed by atoms with Crippen molar-refractivity contribution in [1.82, 2.24) is 13.5 Å². The van der Waals surface area contributed by atoms with Gasteiger partial charge in [-0.05, 0) is 24.3 Å². The second-order valence-corrected chi connectivity index (χ2v) is 8.36. The predicted molar refractivity (Wildman–Crippen MR) is 97.0 cm³/mol. The number of methoxy groups -OCH3 is 1. The van der Waals surface area contributed by atoms with E-state index in [4.69, 9.17) is 4.74 Å². The van der Waals surface area contributed by atoms with E-state index in [1.165, 1.54) is 21.1 Å². The first-order valence-electron chi connectivity index (χ1n) is 8.06. The molecule has 0 spiro atoms. The molecule has 1 aliphatic heterocycles. The number of piperazine rings is 1. The van der Waals surface area contributed by atoms with Gasteiger partial charge in [-0.2, -0.15) is 17.0 Å². The van der Waals surface area contributed by atoms with E-state index in [0.717, 1.165) is 20.0 Å². The van der Waals surface area contributed by atoms with E-state index in [1.54, 1.807) is 12.0 Å². The second-order valence-electron chi connectivity index (χ2n) is 6.11. The molecule has 1 aliphatic rings. The minimum Gasteiger partial charge on any atom is -0.497 e. The van der Waals surface area contributed by atoms with E-state index < -0.39 is 10.2 Å². The summed E-state index contributed by atoms with van der Waals surface area (Å²) in [6.07, 6.45) is 0. The van der Waals surface area contributed by atoms with Gasteiger partial charge in [0.1, 0.15) is 5.75 Å². The highest BCUT2D eigenvalue weighted by atomic mass is 32.2. The Bertz CT molecular complexity index is 683. The number of rotatable bonds is 6. The number of likely N-dealkylation sites (N-methyl/N-ethyl adjacent to an activating group) is 1. The minimum absolute atomic E-state index is 0.150. The summed E-state index contributed by atoms with van der Waals surface area (Å²) < 4.78 is 31.3. The molecular weight excluding hydrogens is 344 g/mol. The van der Waals surface area contributed by atoms with Crippen LogP contribution in [-0.2, 0) is 15.0 Å². The number of hydrogen-bond acceptors (Lipinski definition) is 5. The van der Waals surface area contributed by atoms with Crippen molar-refractivity contribution in [2.45, 2.75) is 0 Å². The van der Waals surface area contributed by atoms with Gasteiger partial charge in [-0.3, -0.25) is 4.79 Å². The first-order valence-corrected chi connectivity index (χ1v) is 9.46. The summed E-state index contributed by atoms with van der Waals surface area (Å²) in [5.74, 6) is 0.630. The molecule has 140 valence electrons. The van der Waals surface area contributed by atoms with Crippen molar-refractivity contribution in [2.75, 3.05) is 65.9 Å². The number of hydrogen-bond donors (Lipinski definition) is 0. The largest absolute Gasteiger partial charge is 0.497 e. The molecule has 1 aromatic carbocycles. The highest BCUT2D eigenvalue weighted by Crippen LogP contribution is 2.20. The third kappa shape index (κ3) is 4.62. The van der Waals surface area contributed by atoms with E-state index in [-0.39, 0.29) is 12.5 Å². The number of anilines is 1. The lowest BCUT2D eigenvalue weighted by Gasteiger charge is -2.36. The van der Waals surface area contributed by atoms with Crippen LogP contribution in [0.15, 0.2) is 24.3 Å². The summed E-state index contributed by atoms with van der Waals surface area (Å²) in [6.45, 7) is 2.41. The van der Waals surface area contributed by atoms with Crippen LogP contribution in [0.1, 0.15) is 0 Å². The van der Waals surface area contributed by atoms with E-state index in [9.17, 15) is 13.2 Å². The number of amides is 1. The van der Waals surface area contributed by atoms with Crippen molar-refractivity contribution in [3.8, 4) is 5.75 Å². The highest BCUT2D eigenvalue weighted by molar-refractivity contribution is 7.86. The van der Waals surface area contributed by atoms with Crippen molar-refractivity contribution in [2.24, 2.45) is 0 Å². The van der Waals surface area contributed by atoms with Crippen LogP contribution < -0.4 is 9.64 Å². The normalized spacial score (nSPS) is 15.8. The Morgan fingerprint density at radius 3 is 2.12 bits per heavy atom. The molecule has 9 heteroatoms. The summed E-state index contributed by atoms with van der Waals surface area (Å²) in [5.41, 5.74) is 1.08. The molecule has 0 atom stereocenters. The second kappa shape index (κ2) is 8.03. The van der Waals surface area contributed by atoms with Gasteiger partial charge < -0.3 is 14.5 Å². The summed E-state index contributed by atoms with van der Waals surface area (Å²) in [7, 11) is 2.37. The van der Waals surface area contributed by atoms with Gasteiger partial charge in [-0.25, -0.2) is 0 Å². The van der Waals surface area contributed by atoms with Crippen LogP contribution in [0.2, 0.25) is 0 Å². The molecular formula is C16H26N4O4S. The number of nitrogens with zero attached hydrogens (tertiary/aromatic N) is 4. The van der Waals surface area contributed by atoms with Crippen LogP contribution in [-0.4, -0.2) is 88.8 Å². The Balaban J connectivity index is 1.89. The summed E-state index contributed by atoms with van der Waals surface area (Å²) in [4.78, 5) is 16.3. The van der Waals surface area contributed by atoms with Crippen molar-refractivity contribution in [3.63, 3.8) is 0 Å². The van der Waals surface area contributed by atoms with Gasteiger partial charge in [-0.1, -0.05) is 0 Å². The Hall–Kier alpha value is -1.84. The predicted octanol–water partition coefficient (Wildman–Crippen LogP) is 0.0820. The van der Waals surface area contributed by atoms with Crippen molar-refractivity contribution < 1.29 is 17.9 Å². The van der Waals surface area contributed by atoms with E-state index in [0.29, 0.717) is 26.2 Å². The van der Waals surface area contributed by atoms with Gasteiger partial charge in [-0.15, -0.1) is 0 Å². The average molecular weight is 370 g/mol. The Labute approximate surface area is 149 Å². The van der Waals surface area contributed by atoms with Crippen molar-refractivity contribution >= 4 is 21.8 Å². The van der Waals surface area contributed by atoms with Gasteiger partial charge in [0.25, 0.3) is 10.2 Å². The van der Waals surface area contributed by atoms with Crippen LogP contribution in [0.4, 0.5) is 5.69 Å². The molecule has 0 aliphatic carbocycles. The zero-order valence-corrected chi connectivity index (χ0v) is 16.0. The molecule has 0 bridgehead atoms. The Morgan fingerprint density at radius 1 is 1.08 bits per heavy atom. The molecule has 2 rings (SSSR count). The molecule has 8 nitrogen and oxygen atoms in total. The molecule has 0 aromatic heterocycles. The topological polar surface area (TPSA) is 73.4 Å². The van der Waals surface area contributed by atoms with Gasteiger partial charge in [0.2, 0.25) is 5.91 Å². The molecule has 0 unspecified atom stereocenters. The highest BCUT2D eigenvalue weighted by Gasteiger charge is 2.27. The molecule has 0 N–H and O–H groups in total. The molecule has 1 amide bonds. The van der Waals surface area contributed by atoms with Gasteiger partial charge >= 0.3 is 0 Å². The van der Waals surface area contributed by atoms with E-state index in [2.05, 4.69) is 4.90 Å². The molecule has 1 fully saturated rings. The summed E-state index contributed by atoms with van der Waals surface area (Å²) in [5, 5.41) is 0. The lowest BCUT2D eigenvalue weighted by atomic mass is 10.2. The molecule has 25 heavy (non-hydrogen) atoms. The zero-order valence-electron chi connectivity index (χ0n) is 15.2. The number of carbonyl (C=O) groups is 1. The van der Waals surface area contributed by atoms with Gasteiger partial charge in [0.05, 0.1) is 13.7 Å².